The maximum Gasteiger partial charge on any atom is 0.257 e. The third-order valence-corrected chi connectivity index (χ3v) is 4.03. The van der Waals surface area contributed by atoms with E-state index in [0.717, 1.165) is 38.0 Å². The summed E-state index contributed by atoms with van der Waals surface area (Å²) < 4.78 is 13.4. The highest BCUT2D eigenvalue weighted by atomic mass is 19.1. The van der Waals surface area contributed by atoms with Gasteiger partial charge < -0.3 is 10.2 Å². The smallest absolute Gasteiger partial charge is 0.257 e. The van der Waals surface area contributed by atoms with E-state index in [-0.39, 0.29) is 5.91 Å². The molecule has 2 heterocycles. The van der Waals surface area contributed by atoms with E-state index in [9.17, 15) is 9.18 Å². The maximum atomic E-state index is 13.4. The second-order valence-corrected chi connectivity index (χ2v) is 5.60. The van der Waals surface area contributed by atoms with Crippen LogP contribution in [0.2, 0.25) is 0 Å². The standard InChI is InChI=1S/C16H24FN3O/c1-3-5-12-6-8-20(9-7-12)16(21)14-10-13(17)11-19-15(14)18-4-2/h10-12H,3-9H2,1-2H3,(H,18,19). The van der Waals surface area contributed by atoms with Crippen molar-refractivity contribution >= 4 is 11.7 Å². The largest absolute Gasteiger partial charge is 0.370 e. The number of pyridine rings is 1. The van der Waals surface area contributed by atoms with Gasteiger partial charge in [-0.2, -0.15) is 0 Å². The number of hydrogen-bond acceptors (Lipinski definition) is 3. The SMILES string of the molecule is CCCC1CCN(C(=O)c2cc(F)cnc2NCC)CC1. The van der Waals surface area contributed by atoms with Crippen LogP contribution in [0.4, 0.5) is 10.2 Å². The lowest BCUT2D eigenvalue weighted by Crippen LogP contribution is -2.38. The predicted octanol–water partition coefficient (Wildman–Crippen LogP) is 3.30. The molecule has 0 bridgehead atoms. The summed E-state index contributed by atoms with van der Waals surface area (Å²) in [5.74, 6) is 0.603. The summed E-state index contributed by atoms with van der Waals surface area (Å²) in [7, 11) is 0. The van der Waals surface area contributed by atoms with Gasteiger partial charge in [0.25, 0.3) is 5.91 Å². The van der Waals surface area contributed by atoms with Crippen LogP contribution in [0, 0.1) is 11.7 Å². The quantitative estimate of drug-likeness (QED) is 0.906. The van der Waals surface area contributed by atoms with Gasteiger partial charge in [0, 0.05) is 19.6 Å². The molecule has 1 aliphatic heterocycles. The van der Waals surface area contributed by atoms with Crippen molar-refractivity contribution in [3.05, 3.63) is 23.6 Å². The molecule has 0 unspecified atom stereocenters. The Morgan fingerprint density at radius 1 is 1.43 bits per heavy atom. The fraction of sp³-hybridized carbons (Fsp3) is 0.625. The van der Waals surface area contributed by atoms with Crippen LogP contribution in [-0.4, -0.2) is 35.4 Å². The first-order chi connectivity index (χ1) is 10.2. The first-order valence-electron chi connectivity index (χ1n) is 7.84. The molecule has 116 valence electrons. The fourth-order valence-corrected chi connectivity index (χ4v) is 2.91. The number of aromatic nitrogens is 1. The highest BCUT2D eigenvalue weighted by Gasteiger charge is 2.25. The van der Waals surface area contributed by atoms with Crippen molar-refractivity contribution < 1.29 is 9.18 Å². The van der Waals surface area contributed by atoms with Crippen molar-refractivity contribution in [2.75, 3.05) is 25.0 Å². The van der Waals surface area contributed by atoms with Crippen LogP contribution in [0.25, 0.3) is 0 Å². The molecule has 0 radical (unpaired) electrons. The Morgan fingerprint density at radius 2 is 2.14 bits per heavy atom. The summed E-state index contributed by atoms with van der Waals surface area (Å²) in [4.78, 5) is 18.4. The van der Waals surface area contributed by atoms with E-state index in [1.807, 2.05) is 11.8 Å². The molecule has 0 aromatic carbocycles. The van der Waals surface area contributed by atoms with Crippen molar-refractivity contribution in [1.29, 1.82) is 0 Å². The summed E-state index contributed by atoms with van der Waals surface area (Å²) in [6, 6.07) is 1.28. The van der Waals surface area contributed by atoms with Gasteiger partial charge in [-0.05, 0) is 31.7 Å². The van der Waals surface area contributed by atoms with Crippen molar-refractivity contribution in [3.8, 4) is 0 Å². The molecular weight excluding hydrogens is 269 g/mol. The van der Waals surface area contributed by atoms with Gasteiger partial charge in [0.2, 0.25) is 0 Å². The summed E-state index contributed by atoms with van der Waals surface area (Å²) in [5.41, 5.74) is 0.339. The fourth-order valence-electron chi connectivity index (χ4n) is 2.91. The van der Waals surface area contributed by atoms with Crippen LogP contribution < -0.4 is 5.32 Å². The number of halogens is 1. The normalized spacial score (nSPS) is 16.0. The predicted molar refractivity (Wildman–Crippen MR) is 81.9 cm³/mol. The van der Waals surface area contributed by atoms with Crippen LogP contribution in [0.5, 0.6) is 0 Å². The molecule has 0 spiro atoms. The van der Waals surface area contributed by atoms with E-state index < -0.39 is 5.82 Å². The Balaban J connectivity index is 2.08. The topological polar surface area (TPSA) is 45.2 Å². The molecule has 21 heavy (non-hydrogen) atoms. The number of likely N-dealkylation sites (tertiary alicyclic amines) is 1. The molecule has 1 aromatic rings. The van der Waals surface area contributed by atoms with Gasteiger partial charge in [0.15, 0.2) is 0 Å². The molecule has 1 fully saturated rings. The van der Waals surface area contributed by atoms with Gasteiger partial charge in [-0.15, -0.1) is 0 Å². The highest BCUT2D eigenvalue weighted by molar-refractivity contribution is 5.98. The minimum absolute atomic E-state index is 0.118. The zero-order valence-electron chi connectivity index (χ0n) is 12.9. The van der Waals surface area contributed by atoms with E-state index in [1.54, 1.807) is 0 Å². The average molecular weight is 293 g/mol. The summed E-state index contributed by atoms with van der Waals surface area (Å²) >= 11 is 0. The lowest BCUT2D eigenvalue weighted by atomic mass is 9.92. The molecule has 0 saturated carbocycles. The molecule has 1 amide bonds. The van der Waals surface area contributed by atoms with E-state index in [4.69, 9.17) is 0 Å². The molecule has 5 heteroatoms. The van der Waals surface area contributed by atoms with E-state index in [1.165, 1.54) is 18.9 Å². The monoisotopic (exact) mass is 293 g/mol. The van der Waals surface area contributed by atoms with Crippen LogP contribution in [0.3, 0.4) is 0 Å². The Kier molecular flexibility index (Phi) is 5.53. The first kappa shape index (κ1) is 15.7. The third kappa shape index (κ3) is 3.93. The molecule has 1 saturated heterocycles. The van der Waals surface area contributed by atoms with Gasteiger partial charge in [0.1, 0.15) is 11.6 Å². The van der Waals surface area contributed by atoms with Gasteiger partial charge in [-0.1, -0.05) is 19.8 Å². The zero-order chi connectivity index (χ0) is 15.2. The van der Waals surface area contributed by atoms with Crippen molar-refractivity contribution in [2.45, 2.75) is 39.5 Å². The molecule has 2 rings (SSSR count). The van der Waals surface area contributed by atoms with Crippen LogP contribution in [0.1, 0.15) is 49.9 Å². The van der Waals surface area contributed by atoms with Gasteiger partial charge in [0.05, 0.1) is 11.8 Å². The first-order valence-corrected chi connectivity index (χ1v) is 7.84. The van der Waals surface area contributed by atoms with E-state index in [0.29, 0.717) is 17.9 Å². The second-order valence-electron chi connectivity index (χ2n) is 5.60. The number of carbonyl (C=O) groups excluding carboxylic acids is 1. The van der Waals surface area contributed by atoms with Crippen molar-refractivity contribution in [2.24, 2.45) is 5.92 Å². The van der Waals surface area contributed by atoms with Crippen LogP contribution >= 0.6 is 0 Å². The molecule has 0 atom stereocenters. The number of anilines is 1. The van der Waals surface area contributed by atoms with Gasteiger partial charge in [-0.3, -0.25) is 4.79 Å². The number of nitrogens with one attached hydrogen (secondary N) is 1. The lowest BCUT2D eigenvalue weighted by molar-refractivity contribution is 0.0686. The van der Waals surface area contributed by atoms with E-state index in [2.05, 4.69) is 17.2 Å². The van der Waals surface area contributed by atoms with Crippen LogP contribution in [0.15, 0.2) is 12.3 Å². The van der Waals surface area contributed by atoms with E-state index >= 15 is 0 Å². The lowest BCUT2D eigenvalue weighted by Gasteiger charge is -2.32. The van der Waals surface area contributed by atoms with Crippen LogP contribution in [-0.2, 0) is 0 Å². The second kappa shape index (κ2) is 7.38. The Labute approximate surface area is 125 Å². The maximum absolute atomic E-state index is 13.4. The molecule has 4 nitrogen and oxygen atoms in total. The Hall–Kier alpha value is -1.65. The number of nitrogens with zero attached hydrogens (tertiary/aromatic N) is 2. The van der Waals surface area contributed by atoms with Crippen molar-refractivity contribution in [1.82, 2.24) is 9.88 Å². The summed E-state index contributed by atoms with van der Waals surface area (Å²) in [6.45, 7) is 6.28. The number of rotatable bonds is 5. The van der Waals surface area contributed by atoms with Gasteiger partial charge >= 0.3 is 0 Å². The number of amides is 1. The molecule has 1 aromatic heterocycles. The summed E-state index contributed by atoms with van der Waals surface area (Å²) in [5, 5.41) is 3.03. The number of carbonyl (C=O) groups is 1. The highest BCUT2D eigenvalue weighted by Crippen LogP contribution is 2.24. The third-order valence-electron chi connectivity index (χ3n) is 4.03. The zero-order valence-corrected chi connectivity index (χ0v) is 12.9. The van der Waals surface area contributed by atoms with Crippen molar-refractivity contribution in [3.63, 3.8) is 0 Å². The Morgan fingerprint density at radius 3 is 2.76 bits per heavy atom. The average Bonchev–Trinajstić information content (AvgIpc) is 2.50. The molecule has 1 N–H and O–H groups in total. The molecular formula is C16H24FN3O. The minimum Gasteiger partial charge on any atom is -0.370 e. The number of hydrogen-bond donors (Lipinski definition) is 1. The minimum atomic E-state index is -0.471. The summed E-state index contributed by atoms with van der Waals surface area (Å²) in [6.07, 6.45) is 5.64. The Bertz CT molecular complexity index is 484. The number of piperidine rings is 1. The molecule has 1 aliphatic rings. The molecule has 0 aliphatic carbocycles. The van der Waals surface area contributed by atoms with Gasteiger partial charge in [-0.25, -0.2) is 9.37 Å².